The van der Waals surface area contributed by atoms with Crippen molar-refractivity contribution in [2.24, 2.45) is 4.99 Å². The minimum Gasteiger partial charge on any atom is -0.264 e. The number of hydrogen-bond acceptors (Lipinski definition) is 1. The summed E-state index contributed by atoms with van der Waals surface area (Å²) in [6, 6.07) is 0. The third-order valence-corrected chi connectivity index (χ3v) is 1.31. The highest BCUT2D eigenvalue weighted by Gasteiger charge is 2.22. The Labute approximate surface area is 71.3 Å². The summed E-state index contributed by atoms with van der Waals surface area (Å²) in [5.41, 5.74) is 0.120. The van der Waals surface area contributed by atoms with Gasteiger partial charge < -0.3 is 0 Å². The van der Waals surface area contributed by atoms with Crippen LogP contribution in [0.5, 0.6) is 0 Å². The smallest absolute Gasteiger partial charge is 0.145 e. The molecule has 0 aromatic heterocycles. The normalized spacial score (nSPS) is 13.8. The molecule has 0 saturated heterocycles. The Morgan fingerprint density at radius 1 is 1.64 bits per heavy atom. The third-order valence-electron chi connectivity index (χ3n) is 1.13. The molecule has 11 heavy (non-hydrogen) atoms. The average molecular weight is 176 g/mol. The van der Waals surface area contributed by atoms with Crippen LogP contribution in [-0.2, 0) is 0 Å². The number of hydrogen-bond donors (Lipinski definition) is 0. The van der Waals surface area contributed by atoms with Crippen molar-refractivity contribution in [3.63, 3.8) is 0 Å². The Morgan fingerprint density at radius 2 is 2.09 bits per heavy atom. The van der Waals surface area contributed by atoms with Crippen molar-refractivity contribution >= 4 is 18.3 Å². The van der Waals surface area contributed by atoms with Crippen LogP contribution in [0, 0.1) is 0 Å². The van der Waals surface area contributed by atoms with E-state index in [1.165, 1.54) is 0 Å². The van der Waals surface area contributed by atoms with Gasteiger partial charge in [0.1, 0.15) is 5.83 Å². The summed E-state index contributed by atoms with van der Waals surface area (Å²) in [5.74, 6) is -0.528. The van der Waals surface area contributed by atoms with Crippen LogP contribution >= 0.6 is 11.6 Å². The van der Waals surface area contributed by atoms with Gasteiger partial charge in [-0.15, -0.1) is 11.6 Å². The van der Waals surface area contributed by atoms with Gasteiger partial charge in [0.2, 0.25) is 0 Å². The first-order chi connectivity index (χ1) is 4.93. The molecule has 3 heteroatoms. The molecule has 0 unspecified atom stereocenters. The van der Waals surface area contributed by atoms with E-state index in [0.29, 0.717) is 0 Å². The van der Waals surface area contributed by atoms with Crippen LogP contribution in [0.25, 0.3) is 0 Å². The van der Waals surface area contributed by atoms with Crippen molar-refractivity contribution in [1.82, 2.24) is 0 Å². The molecule has 0 rings (SSSR count). The summed E-state index contributed by atoms with van der Waals surface area (Å²) in [4.78, 5) is 2.65. The van der Waals surface area contributed by atoms with Gasteiger partial charge in [-0.25, -0.2) is 4.39 Å². The van der Waals surface area contributed by atoms with E-state index >= 15 is 0 Å². The minimum absolute atomic E-state index is 0.120. The van der Waals surface area contributed by atoms with Gasteiger partial charge in [0, 0.05) is 0 Å². The predicted molar refractivity (Wildman–Crippen MR) is 47.8 cm³/mol. The summed E-state index contributed by atoms with van der Waals surface area (Å²) in [7, 11) is 0. The molecule has 0 spiro atoms. The molecule has 0 aliphatic heterocycles. The van der Waals surface area contributed by atoms with Crippen LogP contribution in [0.3, 0.4) is 0 Å². The van der Waals surface area contributed by atoms with E-state index in [4.69, 9.17) is 11.6 Å². The minimum atomic E-state index is -0.833. The van der Waals surface area contributed by atoms with Gasteiger partial charge in [0.25, 0.3) is 0 Å². The Bertz CT molecular complexity index is 201. The number of halogens is 2. The molecule has 0 saturated carbocycles. The quantitative estimate of drug-likeness (QED) is 0.355. The van der Waals surface area contributed by atoms with E-state index in [2.05, 4.69) is 18.3 Å². The second-order valence-electron chi connectivity index (χ2n) is 2.53. The molecule has 0 atom stereocenters. The second-order valence-corrected chi connectivity index (χ2v) is 3.48. The van der Waals surface area contributed by atoms with Crippen molar-refractivity contribution in [3.8, 4) is 0 Å². The molecule has 0 aliphatic rings. The zero-order valence-electron chi connectivity index (χ0n) is 6.69. The fraction of sp³-hybridized carbons (Fsp3) is 0.375. The van der Waals surface area contributed by atoms with Gasteiger partial charge in [0.15, 0.2) is 0 Å². The number of rotatable bonds is 3. The molecule has 0 aliphatic carbocycles. The fourth-order valence-electron chi connectivity index (χ4n) is 0.644. The van der Waals surface area contributed by atoms with Gasteiger partial charge in [-0.05, 0) is 26.6 Å². The maximum Gasteiger partial charge on any atom is 0.145 e. The second kappa shape index (κ2) is 3.67. The number of aliphatic imine (C=N–C) groups is 1. The van der Waals surface area contributed by atoms with E-state index in [9.17, 15) is 4.39 Å². The first-order valence-electron chi connectivity index (χ1n) is 3.11. The summed E-state index contributed by atoms with van der Waals surface area (Å²) < 4.78 is 12.8. The summed E-state index contributed by atoms with van der Waals surface area (Å²) >= 11 is 5.79. The molecule has 1 nitrogen and oxygen atoms in total. The van der Waals surface area contributed by atoms with Crippen molar-refractivity contribution in [2.75, 3.05) is 0 Å². The van der Waals surface area contributed by atoms with E-state index in [1.807, 2.05) is 0 Å². The highest BCUT2D eigenvalue weighted by Crippen LogP contribution is 2.28. The lowest BCUT2D eigenvalue weighted by molar-refractivity contribution is 0.626. The first kappa shape index (κ1) is 10.4. The number of alkyl halides is 1. The van der Waals surface area contributed by atoms with Crippen LogP contribution in [0.15, 0.2) is 29.2 Å². The van der Waals surface area contributed by atoms with Crippen molar-refractivity contribution < 1.29 is 4.39 Å². The molecule has 0 heterocycles. The molecule has 0 amide bonds. The Kier molecular flexibility index (Phi) is 3.46. The Hall–Kier alpha value is -0.630. The average Bonchev–Trinajstić information content (AvgIpc) is 1.86. The number of nitrogens with zero attached hydrogens (tertiary/aromatic N) is 1. The van der Waals surface area contributed by atoms with E-state index in [-0.39, 0.29) is 5.70 Å². The zero-order valence-corrected chi connectivity index (χ0v) is 7.45. The van der Waals surface area contributed by atoms with Crippen LogP contribution < -0.4 is 0 Å². The van der Waals surface area contributed by atoms with Gasteiger partial charge in [-0.2, -0.15) is 0 Å². The molecule has 0 aromatic rings. The number of allylic oxidation sites excluding steroid dienone is 3. The van der Waals surface area contributed by atoms with Crippen LogP contribution in [-0.4, -0.2) is 11.6 Å². The standard InChI is InChI=1S/C8H11ClFN/c1-5-6(10)7(11-4)8(2,3)9/h5H,1,4H2,2-3H3/b7-6-. The maximum absolute atomic E-state index is 12.8. The van der Waals surface area contributed by atoms with Crippen molar-refractivity contribution in [2.45, 2.75) is 18.7 Å². The van der Waals surface area contributed by atoms with Gasteiger partial charge >= 0.3 is 0 Å². The first-order valence-corrected chi connectivity index (χ1v) is 3.49. The van der Waals surface area contributed by atoms with Crippen LogP contribution in [0.1, 0.15) is 13.8 Å². The molecule has 0 fully saturated rings. The summed E-state index contributed by atoms with van der Waals surface area (Å²) in [6.07, 6.45) is 1.06. The third kappa shape index (κ3) is 2.85. The molecule has 0 radical (unpaired) electrons. The van der Waals surface area contributed by atoms with E-state index in [0.717, 1.165) is 6.08 Å². The molecular weight excluding hydrogens is 165 g/mol. The van der Waals surface area contributed by atoms with Crippen LogP contribution in [0.4, 0.5) is 4.39 Å². The van der Waals surface area contributed by atoms with Gasteiger partial charge in [-0.1, -0.05) is 6.58 Å². The van der Waals surface area contributed by atoms with Crippen molar-refractivity contribution in [1.29, 1.82) is 0 Å². The lowest BCUT2D eigenvalue weighted by Gasteiger charge is -2.15. The molecule has 0 bridgehead atoms. The fourth-order valence-corrected chi connectivity index (χ4v) is 0.794. The maximum atomic E-state index is 12.8. The predicted octanol–water partition coefficient (Wildman–Crippen LogP) is 3.07. The van der Waals surface area contributed by atoms with Crippen molar-refractivity contribution in [3.05, 3.63) is 24.2 Å². The monoisotopic (exact) mass is 175 g/mol. The lowest BCUT2D eigenvalue weighted by Crippen LogP contribution is -2.13. The van der Waals surface area contributed by atoms with Gasteiger partial charge in [0.05, 0.1) is 10.6 Å². The molecular formula is C8H11ClFN. The largest absolute Gasteiger partial charge is 0.264 e. The van der Waals surface area contributed by atoms with Gasteiger partial charge in [-0.3, -0.25) is 4.99 Å². The lowest BCUT2D eigenvalue weighted by atomic mass is 10.1. The van der Waals surface area contributed by atoms with E-state index in [1.54, 1.807) is 13.8 Å². The van der Waals surface area contributed by atoms with E-state index < -0.39 is 10.7 Å². The topological polar surface area (TPSA) is 12.4 Å². The molecule has 0 N–H and O–H groups in total. The SMILES string of the molecule is C=C/C(F)=C(/N=C)C(C)(C)Cl. The Morgan fingerprint density at radius 3 is 2.18 bits per heavy atom. The summed E-state index contributed by atoms with van der Waals surface area (Å²) in [5, 5.41) is 0. The highest BCUT2D eigenvalue weighted by molar-refractivity contribution is 6.25. The highest BCUT2D eigenvalue weighted by atomic mass is 35.5. The zero-order chi connectivity index (χ0) is 9.07. The summed E-state index contributed by atoms with van der Waals surface area (Å²) in [6.45, 7) is 9.76. The van der Waals surface area contributed by atoms with Crippen LogP contribution in [0.2, 0.25) is 0 Å². The molecule has 62 valence electrons. The Balaban J connectivity index is 4.95. The molecule has 0 aromatic carbocycles.